The average molecular weight is 392 g/mol. The first-order valence-corrected chi connectivity index (χ1v) is 9.69. The molecule has 3 aromatic rings. The van der Waals surface area contributed by atoms with Crippen molar-refractivity contribution in [2.45, 2.75) is 13.8 Å². The summed E-state index contributed by atoms with van der Waals surface area (Å²) < 4.78 is 5.51. The molecule has 1 aromatic carbocycles. The van der Waals surface area contributed by atoms with E-state index in [1.165, 1.54) is 0 Å². The van der Waals surface area contributed by atoms with Crippen LogP contribution in [0.15, 0.2) is 36.4 Å². The molecule has 1 saturated heterocycles. The number of hydrogen-bond acceptors (Lipinski definition) is 7. The van der Waals surface area contributed by atoms with Crippen LogP contribution in [-0.2, 0) is 4.79 Å². The summed E-state index contributed by atoms with van der Waals surface area (Å²) in [7, 11) is 0. The van der Waals surface area contributed by atoms with Crippen LogP contribution in [0.5, 0.6) is 5.75 Å². The number of aryl methyl sites for hydroxylation is 2. The van der Waals surface area contributed by atoms with Crippen LogP contribution in [0.25, 0.3) is 11.0 Å². The van der Waals surface area contributed by atoms with Gasteiger partial charge < -0.3 is 20.3 Å². The number of ether oxygens (including phenoxy) is 1. The number of pyridine rings is 1. The van der Waals surface area contributed by atoms with Crippen LogP contribution in [-0.4, -0.2) is 53.6 Å². The van der Waals surface area contributed by atoms with Gasteiger partial charge in [0.05, 0.1) is 11.2 Å². The molecule has 1 amide bonds. The van der Waals surface area contributed by atoms with Gasteiger partial charge in [0.25, 0.3) is 5.91 Å². The predicted octanol–water partition coefficient (Wildman–Crippen LogP) is 2.07. The lowest BCUT2D eigenvalue weighted by molar-refractivity contribution is -0.118. The smallest absolute Gasteiger partial charge is 0.263 e. The molecule has 0 unspecified atom stereocenters. The van der Waals surface area contributed by atoms with Crippen molar-refractivity contribution >= 4 is 28.7 Å². The zero-order chi connectivity index (χ0) is 20.2. The minimum Gasteiger partial charge on any atom is -0.484 e. The first-order valence-electron chi connectivity index (χ1n) is 9.69. The van der Waals surface area contributed by atoms with Crippen LogP contribution in [0.4, 0.5) is 11.8 Å². The Labute approximate surface area is 169 Å². The Balaban J connectivity index is 1.44. The fraction of sp³-hybridized carbons (Fsp3) is 0.333. The monoisotopic (exact) mass is 392 g/mol. The molecule has 2 aromatic heterocycles. The van der Waals surface area contributed by atoms with E-state index < -0.39 is 0 Å². The van der Waals surface area contributed by atoms with Gasteiger partial charge in [-0.2, -0.15) is 0 Å². The number of nitrogens with one attached hydrogen (secondary N) is 2. The molecule has 0 atom stereocenters. The van der Waals surface area contributed by atoms with Crippen molar-refractivity contribution < 1.29 is 9.53 Å². The Morgan fingerprint density at radius 3 is 2.59 bits per heavy atom. The van der Waals surface area contributed by atoms with Crippen molar-refractivity contribution in [2.75, 3.05) is 43.0 Å². The van der Waals surface area contributed by atoms with E-state index >= 15 is 0 Å². The number of anilines is 2. The van der Waals surface area contributed by atoms with Crippen LogP contribution in [0.1, 0.15) is 11.3 Å². The van der Waals surface area contributed by atoms with E-state index in [0.717, 1.165) is 48.9 Å². The second kappa shape index (κ2) is 8.40. The number of nitrogens with zero attached hydrogens (tertiary/aromatic N) is 4. The Kier molecular flexibility index (Phi) is 5.53. The number of fused-ring (bicyclic) bond motifs is 1. The Morgan fingerprint density at radius 1 is 1.07 bits per heavy atom. The lowest BCUT2D eigenvalue weighted by atomic mass is 10.2. The average Bonchev–Trinajstić information content (AvgIpc) is 2.74. The summed E-state index contributed by atoms with van der Waals surface area (Å²) >= 11 is 0. The highest BCUT2D eigenvalue weighted by Gasteiger charge is 2.16. The molecule has 2 N–H and O–H groups in total. The SMILES string of the molecule is Cc1ccc(OCC(=O)Nc2ccc3nc(N4CCNCC4)nc(C)c3n2)cc1. The highest BCUT2D eigenvalue weighted by molar-refractivity contribution is 5.92. The second-order valence-electron chi connectivity index (χ2n) is 7.06. The number of rotatable bonds is 5. The number of carbonyl (C=O) groups excluding carboxylic acids is 1. The van der Waals surface area contributed by atoms with Gasteiger partial charge in [0.2, 0.25) is 5.95 Å². The van der Waals surface area contributed by atoms with Crippen molar-refractivity contribution in [3.05, 3.63) is 47.7 Å². The van der Waals surface area contributed by atoms with Gasteiger partial charge >= 0.3 is 0 Å². The number of piperazine rings is 1. The molecule has 0 radical (unpaired) electrons. The van der Waals surface area contributed by atoms with Gasteiger partial charge in [-0.3, -0.25) is 4.79 Å². The number of carbonyl (C=O) groups is 1. The summed E-state index contributed by atoms with van der Waals surface area (Å²) in [5, 5.41) is 6.10. The molecule has 0 aliphatic carbocycles. The zero-order valence-corrected chi connectivity index (χ0v) is 16.6. The molecule has 1 aliphatic rings. The summed E-state index contributed by atoms with van der Waals surface area (Å²) in [6, 6.07) is 11.2. The quantitative estimate of drug-likeness (QED) is 0.687. The van der Waals surface area contributed by atoms with Crippen molar-refractivity contribution in [1.29, 1.82) is 0 Å². The predicted molar refractivity (Wildman–Crippen MR) is 112 cm³/mol. The van der Waals surface area contributed by atoms with E-state index in [-0.39, 0.29) is 12.5 Å². The highest BCUT2D eigenvalue weighted by atomic mass is 16.5. The van der Waals surface area contributed by atoms with Crippen molar-refractivity contribution in [1.82, 2.24) is 20.3 Å². The van der Waals surface area contributed by atoms with Gasteiger partial charge in [-0.15, -0.1) is 0 Å². The highest BCUT2D eigenvalue weighted by Crippen LogP contribution is 2.20. The van der Waals surface area contributed by atoms with Crippen LogP contribution >= 0.6 is 0 Å². The summed E-state index contributed by atoms with van der Waals surface area (Å²) in [6.45, 7) is 7.44. The third-order valence-electron chi connectivity index (χ3n) is 4.76. The van der Waals surface area contributed by atoms with E-state index in [1.54, 1.807) is 6.07 Å². The minimum absolute atomic E-state index is 0.0831. The van der Waals surface area contributed by atoms with Gasteiger partial charge in [-0.1, -0.05) is 17.7 Å². The molecule has 150 valence electrons. The third kappa shape index (κ3) is 4.60. The fourth-order valence-corrected chi connectivity index (χ4v) is 3.18. The van der Waals surface area contributed by atoms with Crippen LogP contribution in [0, 0.1) is 13.8 Å². The normalized spacial score (nSPS) is 14.1. The first-order chi connectivity index (χ1) is 14.1. The topological polar surface area (TPSA) is 92.3 Å². The molecule has 8 nitrogen and oxygen atoms in total. The number of benzene rings is 1. The second-order valence-corrected chi connectivity index (χ2v) is 7.06. The maximum absolute atomic E-state index is 12.2. The van der Waals surface area contributed by atoms with Gasteiger partial charge in [-0.25, -0.2) is 15.0 Å². The Morgan fingerprint density at radius 2 is 1.83 bits per heavy atom. The molecular formula is C21H24N6O2. The number of amides is 1. The zero-order valence-electron chi connectivity index (χ0n) is 16.6. The third-order valence-corrected chi connectivity index (χ3v) is 4.76. The lowest BCUT2D eigenvalue weighted by Gasteiger charge is -2.27. The fourth-order valence-electron chi connectivity index (χ4n) is 3.18. The van der Waals surface area contributed by atoms with Gasteiger partial charge in [-0.05, 0) is 38.1 Å². The van der Waals surface area contributed by atoms with Crippen molar-refractivity contribution in [2.24, 2.45) is 0 Å². The Hall–Kier alpha value is -3.26. The molecular weight excluding hydrogens is 368 g/mol. The molecule has 1 aliphatic heterocycles. The number of hydrogen-bond donors (Lipinski definition) is 2. The van der Waals surface area contributed by atoms with E-state index in [4.69, 9.17) is 4.74 Å². The van der Waals surface area contributed by atoms with Gasteiger partial charge in [0.1, 0.15) is 17.1 Å². The van der Waals surface area contributed by atoms with Crippen LogP contribution in [0.2, 0.25) is 0 Å². The largest absolute Gasteiger partial charge is 0.484 e. The van der Waals surface area contributed by atoms with Crippen LogP contribution in [0.3, 0.4) is 0 Å². The lowest BCUT2D eigenvalue weighted by Crippen LogP contribution is -2.44. The van der Waals surface area contributed by atoms with Crippen LogP contribution < -0.4 is 20.3 Å². The molecule has 3 heterocycles. The van der Waals surface area contributed by atoms with Crippen molar-refractivity contribution in [3.63, 3.8) is 0 Å². The molecule has 1 fully saturated rings. The molecule has 4 rings (SSSR count). The van der Waals surface area contributed by atoms with E-state index in [2.05, 4.69) is 30.5 Å². The maximum Gasteiger partial charge on any atom is 0.263 e. The van der Waals surface area contributed by atoms with E-state index in [0.29, 0.717) is 17.1 Å². The van der Waals surface area contributed by atoms with E-state index in [9.17, 15) is 4.79 Å². The van der Waals surface area contributed by atoms with Gasteiger partial charge in [0.15, 0.2) is 6.61 Å². The summed E-state index contributed by atoms with van der Waals surface area (Å²) in [4.78, 5) is 28.2. The standard InChI is InChI=1S/C21H24N6O2/c1-14-3-5-16(6-4-14)29-13-19(28)25-18-8-7-17-20(26-18)15(2)23-21(24-17)27-11-9-22-10-12-27/h3-8,22H,9-13H2,1-2H3,(H,25,26,28). The molecule has 29 heavy (non-hydrogen) atoms. The maximum atomic E-state index is 12.2. The van der Waals surface area contributed by atoms with E-state index in [1.807, 2.05) is 44.2 Å². The molecule has 0 spiro atoms. The summed E-state index contributed by atoms with van der Waals surface area (Å²) in [5.74, 6) is 1.56. The minimum atomic E-state index is -0.270. The number of aromatic nitrogens is 3. The first kappa shape index (κ1) is 19.1. The molecule has 0 saturated carbocycles. The van der Waals surface area contributed by atoms with Crippen molar-refractivity contribution in [3.8, 4) is 5.75 Å². The summed E-state index contributed by atoms with van der Waals surface area (Å²) in [5.41, 5.74) is 3.37. The summed E-state index contributed by atoms with van der Waals surface area (Å²) in [6.07, 6.45) is 0. The molecule has 8 heteroatoms. The van der Waals surface area contributed by atoms with Gasteiger partial charge in [0, 0.05) is 26.2 Å². The molecule has 0 bridgehead atoms. The Bertz CT molecular complexity index is 1020.